The first kappa shape index (κ1) is 24.1. The van der Waals surface area contributed by atoms with Crippen LogP contribution in [-0.4, -0.2) is 59.1 Å². The molecule has 2 unspecified atom stereocenters. The van der Waals surface area contributed by atoms with Crippen molar-refractivity contribution in [2.45, 2.75) is 44.6 Å². The van der Waals surface area contributed by atoms with Gasteiger partial charge in [0, 0.05) is 24.6 Å². The molecule has 2 N–H and O–H groups in total. The highest BCUT2D eigenvalue weighted by Crippen LogP contribution is 2.38. The minimum atomic E-state index is -0.879. The van der Waals surface area contributed by atoms with Gasteiger partial charge in [-0.15, -0.1) is 10.2 Å². The molecule has 36 heavy (non-hydrogen) atoms. The van der Waals surface area contributed by atoms with Gasteiger partial charge in [0.1, 0.15) is 29.0 Å². The van der Waals surface area contributed by atoms with Gasteiger partial charge in [0.05, 0.1) is 19.5 Å². The molecule has 4 heterocycles. The summed E-state index contributed by atoms with van der Waals surface area (Å²) in [5, 5.41) is 24.2. The van der Waals surface area contributed by atoms with Crippen LogP contribution in [0.2, 0.25) is 0 Å². The summed E-state index contributed by atoms with van der Waals surface area (Å²) in [6.45, 7) is 4.68. The number of hydrogen-bond donors (Lipinski definition) is 2. The first-order chi connectivity index (χ1) is 17.5. The SMILES string of the molecule is COc1cccc(OC)c1-n1c(NSC(C)C(O)c2ncc(C)cn2)nnc1-c1cc2n(n1)CCC2. The third-order valence-electron chi connectivity index (χ3n) is 6.03. The fourth-order valence-corrected chi connectivity index (χ4v) is 4.80. The molecule has 4 aromatic rings. The second kappa shape index (κ2) is 10.2. The van der Waals surface area contributed by atoms with Crippen LogP contribution in [0.25, 0.3) is 17.2 Å². The Balaban J connectivity index is 1.51. The molecule has 1 aliphatic heterocycles. The third-order valence-corrected chi connectivity index (χ3v) is 6.96. The fraction of sp³-hybridized carbons (Fsp3) is 0.375. The van der Waals surface area contributed by atoms with Gasteiger partial charge in [-0.3, -0.25) is 14.0 Å². The predicted octanol–water partition coefficient (Wildman–Crippen LogP) is 3.37. The Labute approximate surface area is 213 Å². The number of fused-ring (bicyclic) bond motifs is 1. The highest BCUT2D eigenvalue weighted by atomic mass is 32.2. The summed E-state index contributed by atoms with van der Waals surface area (Å²) >= 11 is 1.29. The quantitative estimate of drug-likeness (QED) is 0.325. The number of nitrogens with one attached hydrogen (secondary N) is 1. The number of hydrogen-bond acceptors (Lipinski definition) is 10. The molecule has 0 saturated heterocycles. The average Bonchev–Trinajstić information content (AvgIpc) is 3.61. The number of methoxy groups -OCH3 is 2. The lowest BCUT2D eigenvalue weighted by Gasteiger charge is -2.19. The van der Waals surface area contributed by atoms with E-state index in [0.29, 0.717) is 40.5 Å². The van der Waals surface area contributed by atoms with Gasteiger partial charge < -0.3 is 14.6 Å². The van der Waals surface area contributed by atoms with E-state index in [9.17, 15) is 5.11 Å². The predicted molar refractivity (Wildman–Crippen MR) is 136 cm³/mol. The van der Waals surface area contributed by atoms with E-state index >= 15 is 0 Å². The van der Waals surface area contributed by atoms with Crippen LogP contribution in [0, 0.1) is 6.92 Å². The molecule has 0 fully saturated rings. The number of anilines is 1. The summed E-state index contributed by atoms with van der Waals surface area (Å²) < 4.78 is 18.5. The van der Waals surface area contributed by atoms with Crippen LogP contribution >= 0.6 is 11.9 Å². The molecular weight excluding hydrogens is 480 g/mol. The van der Waals surface area contributed by atoms with E-state index in [-0.39, 0.29) is 5.25 Å². The summed E-state index contributed by atoms with van der Waals surface area (Å²) in [5.41, 5.74) is 3.46. The number of aromatic nitrogens is 7. The maximum absolute atomic E-state index is 10.8. The molecule has 0 amide bonds. The standard InChI is InChI=1S/C24H28N8O3S/c1-14-12-25-22(26-13-14)21(33)15(2)36-30-24-28-27-23(17-11-16-7-6-10-31(16)29-17)32(24)20-18(34-3)8-5-9-19(20)35-4/h5,8-9,11-13,15,21,33H,6-7,10H2,1-4H3,(H,28,30). The van der Waals surface area contributed by atoms with Crippen molar-refractivity contribution >= 4 is 17.9 Å². The smallest absolute Gasteiger partial charge is 0.239 e. The van der Waals surface area contributed by atoms with Gasteiger partial charge >= 0.3 is 0 Å². The van der Waals surface area contributed by atoms with Gasteiger partial charge in [-0.05, 0) is 62.4 Å². The number of ether oxygens (including phenoxy) is 2. The molecule has 188 valence electrons. The summed E-state index contributed by atoms with van der Waals surface area (Å²) in [5.74, 6) is 2.55. The molecule has 0 saturated carbocycles. The van der Waals surface area contributed by atoms with Crippen molar-refractivity contribution in [3.63, 3.8) is 0 Å². The van der Waals surface area contributed by atoms with Crippen molar-refractivity contribution in [1.82, 2.24) is 34.5 Å². The molecule has 1 aromatic carbocycles. The molecule has 0 radical (unpaired) electrons. The molecule has 12 heteroatoms. The lowest BCUT2D eigenvalue weighted by Crippen LogP contribution is -2.17. The van der Waals surface area contributed by atoms with Gasteiger partial charge in [-0.1, -0.05) is 6.07 Å². The molecule has 0 aliphatic carbocycles. The lowest BCUT2D eigenvalue weighted by atomic mass is 10.2. The Bertz CT molecular complexity index is 1310. The first-order valence-electron chi connectivity index (χ1n) is 11.6. The number of aliphatic hydroxyl groups is 1. The number of aliphatic hydroxyl groups excluding tert-OH is 1. The van der Waals surface area contributed by atoms with Crippen molar-refractivity contribution in [2.75, 3.05) is 18.9 Å². The van der Waals surface area contributed by atoms with Gasteiger partial charge in [-0.25, -0.2) is 9.97 Å². The third kappa shape index (κ3) is 4.49. The number of benzene rings is 1. The maximum Gasteiger partial charge on any atom is 0.239 e. The number of nitrogens with zero attached hydrogens (tertiary/aromatic N) is 7. The Morgan fingerprint density at radius 3 is 2.50 bits per heavy atom. The number of rotatable bonds is 9. The summed E-state index contributed by atoms with van der Waals surface area (Å²) in [4.78, 5) is 8.51. The van der Waals surface area contributed by atoms with Crippen LogP contribution in [0.5, 0.6) is 11.5 Å². The van der Waals surface area contributed by atoms with E-state index in [4.69, 9.17) is 14.6 Å². The van der Waals surface area contributed by atoms with E-state index in [1.54, 1.807) is 26.6 Å². The largest absolute Gasteiger partial charge is 0.494 e. The minimum absolute atomic E-state index is 0.294. The van der Waals surface area contributed by atoms with Crippen molar-refractivity contribution in [3.8, 4) is 28.7 Å². The van der Waals surface area contributed by atoms with Crippen LogP contribution < -0.4 is 14.2 Å². The lowest BCUT2D eigenvalue weighted by molar-refractivity contribution is 0.169. The number of para-hydroxylation sites is 1. The first-order valence-corrected chi connectivity index (χ1v) is 12.5. The highest BCUT2D eigenvalue weighted by molar-refractivity contribution is 8.01. The van der Waals surface area contributed by atoms with Crippen LogP contribution in [0.3, 0.4) is 0 Å². The van der Waals surface area contributed by atoms with Crippen LogP contribution in [0.4, 0.5) is 5.95 Å². The zero-order chi connectivity index (χ0) is 25.2. The molecule has 1 aliphatic rings. The van der Waals surface area contributed by atoms with E-state index in [0.717, 1.165) is 24.9 Å². The minimum Gasteiger partial charge on any atom is -0.494 e. The highest BCUT2D eigenvalue weighted by Gasteiger charge is 2.27. The Hall–Kier alpha value is -3.64. The van der Waals surface area contributed by atoms with Gasteiger partial charge in [-0.2, -0.15) is 5.10 Å². The van der Waals surface area contributed by atoms with Crippen LogP contribution in [-0.2, 0) is 13.0 Å². The van der Waals surface area contributed by atoms with Crippen molar-refractivity contribution in [3.05, 3.63) is 53.7 Å². The van der Waals surface area contributed by atoms with Crippen molar-refractivity contribution in [2.24, 2.45) is 0 Å². The normalized spacial score (nSPS) is 14.4. The summed E-state index contributed by atoms with van der Waals surface area (Å²) in [6.07, 6.45) is 4.57. The molecule has 0 spiro atoms. The average molecular weight is 509 g/mol. The van der Waals surface area contributed by atoms with Gasteiger partial charge in [0.25, 0.3) is 0 Å². The monoisotopic (exact) mass is 508 g/mol. The van der Waals surface area contributed by atoms with E-state index in [1.165, 1.54) is 17.6 Å². The summed E-state index contributed by atoms with van der Waals surface area (Å²) in [7, 11) is 3.21. The zero-order valence-corrected chi connectivity index (χ0v) is 21.4. The van der Waals surface area contributed by atoms with Crippen LogP contribution in [0.15, 0.2) is 36.7 Å². The molecule has 0 bridgehead atoms. The van der Waals surface area contributed by atoms with Gasteiger partial charge in [0.2, 0.25) is 5.95 Å². The van der Waals surface area contributed by atoms with Crippen molar-refractivity contribution in [1.29, 1.82) is 0 Å². The maximum atomic E-state index is 10.8. The van der Waals surface area contributed by atoms with E-state index < -0.39 is 6.10 Å². The molecule has 2 atom stereocenters. The molecule has 3 aromatic heterocycles. The number of aryl methyl sites for hydroxylation is 3. The fourth-order valence-electron chi connectivity index (χ4n) is 4.12. The second-order valence-corrected chi connectivity index (χ2v) is 9.71. The second-order valence-electron chi connectivity index (χ2n) is 8.53. The van der Waals surface area contributed by atoms with Crippen LogP contribution in [0.1, 0.15) is 36.5 Å². The Morgan fingerprint density at radius 1 is 1.11 bits per heavy atom. The Morgan fingerprint density at radius 2 is 1.83 bits per heavy atom. The molecule has 5 rings (SSSR count). The topological polar surface area (TPSA) is 125 Å². The van der Waals surface area contributed by atoms with E-state index in [1.807, 2.05) is 47.4 Å². The molecule has 11 nitrogen and oxygen atoms in total. The Kier molecular flexibility index (Phi) is 6.79. The van der Waals surface area contributed by atoms with Gasteiger partial charge in [0.15, 0.2) is 11.6 Å². The van der Waals surface area contributed by atoms with Crippen molar-refractivity contribution < 1.29 is 14.6 Å². The molecular formula is C24H28N8O3S. The van der Waals surface area contributed by atoms with E-state index in [2.05, 4.69) is 24.9 Å². The zero-order valence-electron chi connectivity index (χ0n) is 20.5. The summed E-state index contributed by atoms with van der Waals surface area (Å²) in [6, 6.07) is 7.62.